The van der Waals surface area contributed by atoms with Crippen LogP contribution in [0.3, 0.4) is 0 Å². The first kappa shape index (κ1) is 12.1. The fourth-order valence-corrected chi connectivity index (χ4v) is 4.24. The molecule has 1 aromatic heterocycles. The van der Waals surface area contributed by atoms with Gasteiger partial charge in [-0.2, -0.15) is 5.26 Å². The van der Waals surface area contributed by atoms with Gasteiger partial charge in [-0.1, -0.05) is 0 Å². The minimum Gasteiger partial charge on any atom is -0.306 e. The van der Waals surface area contributed by atoms with Gasteiger partial charge in [0, 0.05) is 10.8 Å². The molecule has 4 heteroatoms. The molecule has 0 amide bonds. The highest BCUT2D eigenvalue weighted by atomic mass is 32.1. The molecule has 0 N–H and O–H groups in total. The average Bonchev–Trinajstić information content (AvgIpc) is 3.08. The Morgan fingerprint density at radius 2 is 2.06 bits per heavy atom. The molecule has 3 rings (SSSR count). The predicted molar refractivity (Wildman–Crippen MR) is 72.8 cm³/mol. The van der Waals surface area contributed by atoms with E-state index in [1.54, 1.807) is 0 Å². The van der Waals surface area contributed by atoms with Crippen LogP contribution in [0, 0.1) is 18.3 Å². The largest absolute Gasteiger partial charge is 0.306 e. The molecule has 2 heterocycles. The Morgan fingerprint density at radius 3 is 2.61 bits per heavy atom. The number of hydrogen-bond acceptors (Lipinski definition) is 4. The number of aryl methyl sites for hydroxylation is 1. The van der Waals surface area contributed by atoms with E-state index in [1.807, 2.05) is 11.3 Å². The lowest BCUT2D eigenvalue weighted by Gasteiger charge is -2.27. The third kappa shape index (κ3) is 1.96. The van der Waals surface area contributed by atoms with E-state index in [-0.39, 0.29) is 5.41 Å². The Hall–Kier alpha value is -0.920. The predicted octanol–water partition coefficient (Wildman–Crippen LogP) is 2.82. The first-order valence-corrected chi connectivity index (χ1v) is 7.54. The van der Waals surface area contributed by atoms with Crippen molar-refractivity contribution < 1.29 is 0 Å². The van der Waals surface area contributed by atoms with Gasteiger partial charge in [0.2, 0.25) is 0 Å². The van der Waals surface area contributed by atoms with Gasteiger partial charge in [0.15, 0.2) is 0 Å². The first-order valence-electron chi connectivity index (χ1n) is 6.72. The summed E-state index contributed by atoms with van der Waals surface area (Å²) in [6, 6.07) is 2.50. The van der Waals surface area contributed by atoms with Crippen LogP contribution in [0.4, 0.5) is 0 Å². The fourth-order valence-electron chi connectivity index (χ4n) is 2.81. The van der Waals surface area contributed by atoms with E-state index in [4.69, 9.17) is 4.98 Å². The summed E-state index contributed by atoms with van der Waals surface area (Å²) in [6.45, 7) is 4.41. The molecular formula is C14H19N3S. The molecule has 0 unspecified atom stereocenters. The normalized spacial score (nSPS) is 23.8. The highest BCUT2D eigenvalue weighted by molar-refractivity contribution is 7.12. The number of likely N-dealkylation sites (tertiary alicyclic amines) is 1. The van der Waals surface area contributed by atoms with Crippen molar-refractivity contribution in [2.75, 3.05) is 20.1 Å². The Morgan fingerprint density at radius 1 is 1.39 bits per heavy atom. The Labute approximate surface area is 112 Å². The summed E-state index contributed by atoms with van der Waals surface area (Å²) in [7, 11) is 2.18. The zero-order valence-electron chi connectivity index (χ0n) is 11.1. The van der Waals surface area contributed by atoms with Crippen LogP contribution in [0.2, 0.25) is 0 Å². The summed E-state index contributed by atoms with van der Waals surface area (Å²) in [5.41, 5.74) is 0.943. The SMILES string of the molecule is Cc1nc(C2CCN(C)CC2)sc1C1(C#N)CC1. The van der Waals surface area contributed by atoms with Crippen molar-refractivity contribution in [3.05, 3.63) is 15.6 Å². The highest BCUT2D eigenvalue weighted by Gasteiger charge is 2.48. The molecule has 0 aromatic carbocycles. The molecule has 18 heavy (non-hydrogen) atoms. The minimum absolute atomic E-state index is 0.161. The van der Waals surface area contributed by atoms with E-state index in [1.165, 1.54) is 35.8 Å². The second kappa shape index (κ2) is 4.32. The quantitative estimate of drug-likeness (QED) is 0.822. The number of thiazole rings is 1. The molecule has 0 spiro atoms. The third-order valence-electron chi connectivity index (χ3n) is 4.28. The van der Waals surface area contributed by atoms with Gasteiger partial charge in [-0.15, -0.1) is 11.3 Å². The fraction of sp³-hybridized carbons (Fsp3) is 0.714. The Bertz CT molecular complexity index is 488. The zero-order chi connectivity index (χ0) is 12.8. The van der Waals surface area contributed by atoms with E-state index in [9.17, 15) is 5.26 Å². The summed E-state index contributed by atoms with van der Waals surface area (Å²) in [6.07, 6.45) is 4.48. The maximum absolute atomic E-state index is 9.31. The van der Waals surface area contributed by atoms with Crippen molar-refractivity contribution in [1.82, 2.24) is 9.88 Å². The van der Waals surface area contributed by atoms with Gasteiger partial charge in [0.1, 0.15) is 0 Å². The number of rotatable bonds is 2. The molecule has 2 aliphatic rings. The molecule has 1 saturated heterocycles. The molecule has 3 nitrogen and oxygen atoms in total. The van der Waals surface area contributed by atoms with E-state index >= 15 is 0 Å². The van der Waals surface area contributed by atoms with Crippen LogP contribution in [-0.4, -0.2) is 30.0 Å². The second-order valence-corrected chi connectivity index (χ2v) is 6.77. The molecule has 0 bridgehead atoms. The van der Waals surface area contributed by atoms with E-state index in [0.29, 0.717) is 5.92 Å². The van der Waals surface area contributed by atoms with Crippen LogP contribution in [0.15, 0.2) is 0 Å². The van der Waals surface area contributed by atoms with Gasteiger partial charge in [-0.25, -0.2) is 4.98 Å². The zero-order valence-corrected chi connectivity index (χ0v) is 11.9. The Balaban J connectivity index is 1.83. The van der Waals surface area contributed by atoms with Crippen molar-refractivity contribution in [2.24, 2.45) is 0 Å². The maximum atomic E-state index is 9.31. The number of hydrogen-bond donors (Lipinski definition) is 0. The molecule has 1 aliphatic heterocycles. The standard InChI is InChI=1S/C14H19N3S/c1-10-12(14(9-15)5-6-14)18-13(16-10)11-3-7-17(2)8-4-11/h11H,3-8H2,1-2H3. The van der Waals surface area contributed by atoms with Gasteiger partial charge in [0.25, 0.3) is 0 Å². The first-order chi connectivity index (χ1) is 8.64. The molecular weight excluding hydrogens is 242 g/mol. The van der Waals surface area contributed by atoms with Crippen LogP contribution in [-0.2, 0) is 5.41 Å². The van der Waals surface area contributed by atoms with Gasteiger partial charge in [-0.3, -0.25) is 0 Å². The molecule has 1 saturated carbocycles. The third-order valence-corrected chi connectivity index (χ3v) is 5.80. The number of nitriles is 1. The summed E-state index contributed by atoms with van der Waals surface area (Å²) >= 11 is 1.81. The van der Waals surface area contributed by atoms with Crippen molar-refractivity contribution in [1.29, 1.82) is 5.26 Å². The maximum Gasteiger partial charge on any atom is 0.0963 e. The number of aromatic nitrogens is 1. The lowest BCUT2D eigenvalue weighted by Crippen LogP contribution is -2.29. The van der Waals surface area contributed by atoms with Crippen molar-refractivity contribution in [3.8, 4) is 6.07 Å². The van der Waals surface area contributed by atoms with E-state index in [2.05, 4.69) is 24.9 Å². The van der Waals surface area contributed by atoms with E-state index < -0.39 is 0 Å². The van der Waals surface area contributed by atoms with Crippen LogP contribution < -0.4 is 0 Å². The smallest absolute Gasteiger partial charge is 0.0963 e. The Kier molecular flexibility index (Phi) is 2.91. The summed E-state index contributed by atoms with van der Waals surface area (Å²) in [5, 5.41) is 10.6. The van der Waals surface area contributed by atoms with Crippen molar-refractivity contribution in [3.63, 3.8) is 0 Å². The summed E-state index contributed by atoms with van der Waals surface area (Å²) in [4.78, 5) is 8.40. The van der Waals surface area contributed by atoms with Crippen molar-refractivity contribution in [2.45, 2.75) is 43.9 Å². The topological polar surface area (TPSA) is 39.9 Å². The van der Waals surface area contributed by atoms with Crippen LogP contribution in [0.1, 0.15) is 47.2 Å². The monoisotopic (exact) mass is 261 g/mol. The average molecular weight is 261 g/mol. The number of piperidine rings is 1. The molecule has 96 valence electrons. The van der Waals surface area contributed by atoms with E-state index in [0.717, 1.165) is 18.5 Å². The minimum atomic E-state index is -0.161. The summed E-state index contributed by atoms with van der Waals surface area (Å²) in [5.74, 6) is 0.619. The molecule has 1 aliphatic carbocycles. The lowest BCUT2D eigenvalue weighted by atomic mass is 9.98. The summed E-state index contributed by atoms with van der Waals surface area (Å²) < 4.78 is 0. The van der Waals surface area contributed by atoms with Gasteiger partial charge in [-0.05, 0) is 52.7 Å². The van der Waals surface area contributed by atoms with Crippen LogP contribution >= 0.6 is 11.3 Å². The van der Waals surface area contributed by atoms with Crippen LogP contribution in [0.25, 0.3) is 0 Å². The molecule has 0 radical (unpaired) electrons. The lowest BCUT2D eigenvalue weighted by molar-refractivity contribution is 0.255. The second-order valence-electron chi connectivity index (χ2n) is 5.74. The van der Waals surface area contributed by atoms with Crippen LogP contribution in [0.5, 0.6) is 0 Å². The molecule has 0 atom stereocenters. The van der Waals surface area contributed by atoms with Gasteiger partial charge in [0.05, 0.1) is 22.2 Å². The van der Waals surface area contributed by atoms with Gasteiger partial charge >= 0.3 is 0 Å². The molecule has 1 aromatic rings. The number of nitrogens with zero attached hydrogens (tertiary/aromatic N) is 3. The van der Waals surface area contributed by atoms with Gasteiger partial charge < -0.3 is 4.90 Å². The molecule has 2 fully saturated rings. The van der Waals surface area contributed by atoms with Crippen molar-refractivity contribution >= 4 is 11.3 Å². The highest BCUT2D eigenvalue weighted by Crippen LogP contribution is 2.51.